The molecule has 2 aromatic rings. The molecule has 0 aliphatic rings. The van der Waals surface area contributed by atoms with E-state index in [1.54, 1.807) is 6.07 Å². The Morgan fingerprint density at radius 1 is 1.17 bits per heavy atom. The number of H-pyrrole nitrogens is 1. The van der Waals surface area contributed by atoms with E-state index in [0.717, 1.165) is 24.1 Å². The van der Waals surface area contributed by atoms with Gasteiger partial charge in [-0.1, -0.05) is 48.8 Å². The molecule has 0 bridgehead atoms. The third-order valence-corrected chi connectivity index (χ3v) is 3.10. The number of aryl methyl sites for hydroxylation is 1. The molecule has 0 aliphatic heterocycles. The van der Waals surface area contributed by atoms with Gasteiger partial charge < -0.3 is 4.98 Å². The quantitative estimate of drug-likeness (QED) is 0.802. The predicted octanol–water partition coefficient (Wildman–Crippen LogP) is 5.07. The van der Waals surface area contributed by atoms with Gasteiger partial charge in [0.05, 0.1) is 0 Å². The van der Waals surface area contributed by atoms with E-state index < -0.39 is 0 Å². The molecule has 0 amide bonds. The highest BCUT2D eigenvalue weighted by molar-refractivity contribution is 7.71. The summed E-state index contributed by atoms with van der Waals surface area (Å²) in [6.45, 7) is 2.12. The molecule has 2 rings (SSSR count). The van der Waals surface area contributed by atoms with Crippen molar-refractivity contribution in [1.29, 1.82) is 0 Å². The third-order valence-electron chi connectivity index (χ3n) is 2.45. The summed E-state index contributed by atoms with van der Waals surface area (Å²) in [4.78, 5) is 7.57. The Labute approximate surface area is 121 Å². The standard InChI is InChI=1S/C13H12Cl2N2S/c1-2-3-11-7-12(18)17-13(16-11)8-4-9(14)6-10(15)5-8/h4-7H,2-3H2,1H3,(H,16,17,18). The number of aromatic nitrogens is 2. The van der Waals surface area contributed by atoms with Gasteiger partial charge in [-0.05, 0) is 30.7 Å². The van der Waals surface area contributed by atoms with Crippen LogP contribution in [0.25, 0.3) is 11.4 Å². The summed E-state index contributed by atoms with van der Waals surface area (Å²) in [5, 5.41) is 1.17. The second kappa shape index (κ2) is 5.83. The number of hydrogen-bond acceptors (Lipinski definition) is 2. The van der Waals surface area contributed by atoms with Crippen LogP contribution in [0.4, 0.5) is 0 Å². The fourth-order valence-corrected chi connectivity index (χ4v) is 2.50. The van der Waals surface area contributed by atoms with Crippen molar-refractivity contribution in [2.75, 3.05) is 0 Å². The maximum absolute atomic E-state index is 5.99. The molecule has 1 aromatic heterocycles. The van der Waals surface area contributed by atoms with Gasteiger partial charge in [0.1, 0.15) is 10.5 Å². The third kappa shape index (κ3) is 3.31. The summed E-state index contributed by atoms with van der Waals surface area (Å²) in [6.07, 6.45) is 1.98. The van der Waals surface area contributed by atoms with E-state index in [0.29, 0.717) is 20.5 Å². The number of halogens is 2. The molecule has 0 atom stereocenters. The first-order chi connectivity index (χ1) is 8.58. The van der Waals surface area contributed by atoms with Gasteiger partial charge in [0.25, 0.3) is 0 Å². The van der Waals surface area contributed by atoms with Crippen LogP contribution in [0, 0.1) is 4.64 Å². The summed E-state index contributed by atoms with van der Waals surface area (Å²) in [5.41, 5.74) is 1.92. The predicted molar refractivity (Wildman–Crippen MR) is 78.9 cm³/mol. The minimum atomic E-state index is 0.572. The molecule has 0 aliphatic carbocycles. The van der Waals surface area contributed by atoms with E-state index in [1.165, 1.54) is 0 Å². The van der Waals surface area contributed by atoms with Crippen molar-refractivity contribution >= 4 is 35.4 Å². The van der Waals surface area contributed by atoms with Crippen LogP contribution in [0.1, 0.15) is 19.0 Å². The van der Waals surface area contributed by atoms with Gasteiger partial charge in [-0.2, -0.15) is 0 Å². The first kappa shape index (κ1) is 13.5. The van der Waals surface area contributed by atoms with E-state index in [-0.39, 0.29) is 0 Å². The minimum absolute atomic E-state index is 0.572. The lowest BCUT2D eigenvalue weighted by molar-refractivity contribution is 0.873. The zero-order valence-corrected chi connectivity index (χ0v) is 12.2. The number of aromatic amines is 1. The molecule has 0 unspecified atom stereocenters. The highest BCUT2D eigenvalue weighted by Crippen LogP contribution is 2.25. The van der Waals surface area contributed by atoms with Gasteiger partial charge in [0.2, 0.25) is 0 Å². The van der Waals surface area contributed by atoms with E-state index >= 15 is 0 Å². The zero-order chi connectivity index (χ0) is 13.1. The van der Waals surface area contributed by atoms with Crippen LogP contribution in [-0.4, -0.2) is 9.97 Å². The van der Waals surface area contributed by atoms with Crippen LogP contribution in [0.5, 0.6) is 0 Å². The largest absolute Gasteiger partial charge is 0.343 e. The van der Waals surface area contributed by atoms with Crippen LogP contribution in [-0.2, 0) is 6.42 Å². The van der Waals surface area contributed by atoms with Crippen molar-refractivity contribution in [2.24, 2.45) is 0 Å². The Kier molecular flexibility index (Phi) is 4.38. The van der Waals surface area contributed by atoms with Gasteiger partial charge in [0, 0.05) is 21.3 Å². The van der Waals surface area contributed by atoms with Crippen LogP contribution < -0.4 is 0 Å². The normalized spacial score (nSPS) is 10.6. The topological polar surface area (TPSA) is 28.7 Å². The lowest BCUT2D eigenvalue weighted by Crippen LogP contribution is -1.96. The minimum Gasteiger partial charge on any atom is -0.343 e. The molecular formula is C13H12Cl2N2S. The second-order valence-electron chi connectivity index (χ2n) is 4.00. The molecule has 0 radical (unpaired) electrons. The number of hydrogen-bond donors (Lipinski definition) is 1. The van der Waals surface area contributed by atoms with E-state index in [4.69, 9.17) is 35.4 Å². The maximum Gasteiger partial charge on any atom is 0.139 e. The average molecular weight is 299 g/mol. The lowest BCUT2D eigenvalue weighted by atomic mass is 10.2. The van der Waals surface area contributed by atoms with Crippen molar-refractivity contribution in [3.05, 3.63) is 44.6 Å². The Morgan fingerprint density at radius 2 is 1.83 bits per heavy atom. The number of benzene rings is 1. The first-order valence-corrected chi connectivity index (χ1v) is 6.81. The Hall–Kier alpha value is -0.900. The lowest BCUT2D eigenvalue weighted by Gasteiger charge is -2.06. The van der Waals surface area contributed by atoms with E-state index in [1.807, 2.05) is 18.2 Å². The highest BCUT2D eigenvalue weighted by atomic mass is 35.5. The van der Waals surface area contributed by atoms with E-state index in [2.05, 4.69) is 16.9 Å². The monoisotopic (exact) mass is 298 g/mol. The van der Waals surface area contributed by atoms with Crippen molar-refractivity contribution in [3.8, 4) is 11.4 Å². The van der Waals surface area contributed by atoms with Crippen LogP contribution in [0.15, 0.2) is 24.3 Å². The summed E-state index contributed by atoms with van der Waals surface area (Å²) >= 11 is 17.1. The molecule has 0 spiro atoms. The van der Waals surface area contributed by atoms with Gasteiger partial charge in [-0.25, -0.2) is 4.98 Å². The van der Waals surface area contributed by atoms with Gasteiger partial charge in [-0.15, -0.1) is 0 Å². The average Bonchev–Trinajstić information content (AvgIpc) is 2.27. The SMILES string of the molecule is CCCc1cc(=S)nc(-c2cc(Cl)cc(Cl)c2)[nH]1. The van der Waals surface area contributed by atoms with Crippen molar-refractivity contribution in [3.63, 3.8) is 0 Å². The molecular weight excluding hydrogens is 287 g/mol. The molecule has 1 heterocycles. The maximum atomic E-state index is 5.99. The second-order valence-corrected chi connectivity index (χ2v) is 5.29. The number of rotatable bonds is 3. The molecule has 1 aromatic carbocycles. The molecule has 0 fully saturated rings. The smallest absolute Gasteiger partial charge is 0.139 e. The Bertz CT molecular complexity index is 602. The summed E-state index contributed by atoms with van der Waals surface area (Å²) in [5.74, 6) is 0.704. The van der Waals surface area contributed by atoms with Crippen LogP contribution in [0.2, 0.25) is 10.0 Å². The fraction of sp³-hybridized carbons (Fsp3) is 0.231. The molecule has 0 saturated heterocycles. The molecule has 0 saturated carbocycles. The van der Waals surface area contributed by atoms with Gasteiger partial charge >= 0.3 is 0 Å². The van der Waals surface area contributed by atoms with Crippen LogP contribution >= 0.6 is 35.4 Å². The molecule has 2 nitrogen and oxygen atoms in total. The van der Waals surface area contributed by atoms with Gasteiger partial charge in [0.15, 0.2) is 0 Å². The molecule has 1 N–H and O–H groups in total. The van der Waals surface area contributed by atoms with E-state index in [9.17, 15) is 0 Å². The molecule has 18 heavy (non-hydrogen) atoms. The zero-order valence-electron chi connectivity index (χ0n) is 9.84. The van der Waals surface area contributed by atoms with Crippen molar-refractivity contribution in [2.45, 2.75) is 19.8 Å². The van der Waals surface area contributed by atoms with Gasteiger partial charge in [-0.3, -0.25) is 0 Å². The van der Waals surface area contributed by atoms with Crippen LogP contribution in [0.3, 0.4) is 0 Å². The fourth-order valence-electron chi connectivity index (χ4n) is 1.74. The highest BCUT2D eigenvalue weighted by Gasteiger charge is 2.05. The summed E-state index contributed by atoms with van der Waals surface area (Å²) in [6, 6.07) is 7.21. The van der Waals surface area contributed by atoms with Crippen molar-refractivity contribution in [1.82, 2.24) is 9.97 Å². The molecule has 94 valence electrons. The first-order valence-electron chi connectivity index (χ1n) is 5.65. The Morgan fingerprint density at radius 3 is 2.44 bits per heavy atom. The number of nitrogens with zero attached hydrogens (tertiary/aromatic N) is 1. The van der Waals surface area contributed by atoms with Crippen molar-refractivity contribution < 1.29 is 0 Å². The Balaban J connectivity index is 2.52. The molecule has 5 heteroatoms. The summed E-state index contributed by atoms with van der Waals surface area (Å²) < 4.78 is 0.572. The summed E-state index contributed by atoms with van der Waals surface area (Å²) in [7, 11) is 0. The number of nitrogens with one attached hydrogen (secondary N) is 1.